The van der Waals surface area contributed by atoms with Gasteiger partial charge >= 0.3 is 5.97 Å². The molecule has 0 aliphatic heterocycles. The van der Waals surface area contributed by atoms with Gasteiger partial charge < -0.3 is 9.72 Å². The van der Waals surface area contributed by atoms with Crippen molar-refractivity contribution in [3.8, 4) is 0 Å². The summed E-state index contributed by atoms with van der Waals surface area (Å²) in [6, 6.07) is 5.84. The van der Waals surface area contributed by atoms with Crippen LogP contribution in [0.4, 0.5) is 0 Å². The molecule has 1 aromatic carbocycles. The highest BCUT2D eigenvalue weighted by Crippen LogP contribution is 2.24. The van der Waals surface area contributed by atoms with Gasteiger partial charge in [-0.15, -0.1) is 0 Å². The Morgan fingerprint density at radius 2 is 2.33 bits per heavy atom. The summed E-state index contributed by atoms with van der Waals surface area (Å²) in [6.07, 6.45) is 5.73. The van der Waals surface area contributed by atoms with E-state index in [0.717, 1.165) is 16.5 Å². The normalized spacial score (nSPS) is 11.2. The second kappa shape index (κ2) is 5.74. The van der Waals surface area contributed by atoms with Crippen molar-refractivity contribution in [1.82, 2.24) is 4.98 Å². The fraction of sp³-hybridized carbons (Fsp3) is 0.214. The number of aromatic nitrogens is 1. The summed E-state index contributed by atoms with van der Waals surface area (Å²) < 4.78 is 4.84. The third-order valence-electron chi connectivity index (χ3n) is 2.56. The number of esters is 1. The number of nitrogens with one attached hydrogen (secondary N) is 1. The van der Waals surface area contributed by atoms with Crippen LogP contribution in [0, 0.1) is 0 Å². The van der Waals surface area contributed by atoms with E-state index in [1.165, 1.54) is 0 Å². The van der Waals surface area contributed by atoms with Crippen LogP contribution in [0.15, 0.2) is 30.5 Å². The number of carbonyl (C=O) groups excluding carboxylic acids is 1. The molecule has 0 unspecified atom stereocenters. The van der Waals surface area contributed by atoms with Gasteiger partial charge in [-0.25, -0.2) is 0 Å². The molecule has 0 saturated carbocycles. The van der Waals surface area contributed by atoms with E-state index in [0.29, 0.717) is 11.6 Å². The summed E-state index contributed by atoms with van der Waals surface area (Å²) in [5.41, 5.74) is 1.90. The predicted octanol–water partition coefficient (Wildman–Crippen LogP) is 3.79. The minimum atomic E-state index is -0.229. The van der Waals surface area contributed by atoms with Crippen LogP contribution in [0.2, 0.25) is 5.02 Å². The van der Waals surface area contributed by atoms with Crippen molar-refractivity contribution in [2.24, 2.45) is 0 Å². The first kappa shape index (κ1) is 12.7. The lowest BCUT2D eigenvalue weighted by Gasteiger charge is -2.00. The van der Waals surface area contributed by atoms with Gasteiger partial charge in [0.2, 0.25) is 0 Å². The quantitative estimate of drug-likeness (QED) is 0.853. The number of hydrogen-bond donors (Lipinski definition) is 1. The summed E-state index contributed by atoms with van der Waals surface area (Å²) in [7, 11) is 0. The zero-order chi connectivity index (χ0) is 13.0. The number of hydrogen-bond acceptors (Lipinski definition) is 2. The molecule has 0 bridgehead atoms. The van der Waals surface area contributed by atoms with Crippen molar-refractivity contribution in [1.29, 1.82) is 0 Å². The van der Waals surface area contributed by atoms with E-state index in [9.17, 15) is 4.79 Å². The van der Waals surface area contributed by atoms with Crippen LogP contribution >= 0.6 is 11.6 Å². The molecule has 1 aromatic heterocycles. The van der Waals surface area contributed by atoms with Crippen LogP contribution < -0.4 is 0 Å². The number of benzene rings is 1. The maximum Gasteiger partial charge on any atom is 0.309 e. The van der Waals surface area contributed by atoms with E-state index >= 15 is 0 Å². The maximum atomic E-state index is 11.2. The molecule has 18 heavy (non-hydrogen) atoms. The molecule has 1 N–H and O–H groups in total. The topological polar surface area (TPSA) is 42.1 Å². The Balaban J connectivity index is 2.13. The Labute approximate surface area is 110 Å². The van der Waals surface area contributed by atoms with Gasteiger partial charge in [-0.1, -0.05) is 23.8 Å². The average molecular weight is 264 g/mol. The molecule has 2 aromatic rings. The fourth-order valence-corrected chi connectivity index (χ4v) is 1.95. The zero-order valence-electron chi connectivity index (χ0n) is 10.1. The molecule has 94 valence electrons. The summed E-state index contributed by atoms with van der Waals surface area (Å²) >= 11 is 6.15. The van der Waals surface area contributed by atoms with E-state index in [2.05, 4.69) is 4.98 Å². The molecule has 0 aliphatic carbocycles. The molecule has 0 radical (unpaired) electrons. The Hall–Kier alpha value is -1.74. The standard InChI is InChI=1S/C14H14ClNO2/c1-2-18-14(17)5-3-4-10-8-11-6-7-16-13(11)9-12(10)15/h3-4,6-9,16H,2,5H2,1H3. The second-order valence-electron chi connectivity index (χ2n) is 3.85. The molecule has 1 heterocycles. The van der Waals surface area contributed by atoms with Crippen molar-refractivity contribution >= 4 is 34.5 Å². The predicted molar refractivity (Wildman–Crippen MR) is 73.6 cm³/mol. The third kappa shape index (κ3) is 2.93. The first-order valence-corrected chi connectivity index (χ1v) is 6.17. The molecule has 0 aliphatic rings. The molecular formula is C14H14ClNO2. The Morgan fingerprint density at radius 1 is 1.50 bits per heavy atom. The number of ether oxygens (including phenoxy) is 1. The van der Waals surface area contributed by atoms with Crippen molar-refractivity contribution in [2.75, 3.05) is 6.61 Å². The lowest BCUT2D eigenvalue weighted by atomic mass is 10.1. The summed E-state index contributed by atoms with van der Waals surface area (Å²) in [5, 5.41) is 1.75. The molecule has 4 heteroatoms. The largest absolute Gasteiger partial charge is 0.466 e. The Bertz CT molecular complexity index is 586. The van der Waals surface area contributed by atoms with Crippen molar-refractivity contribution < 1.29 is 9.53 Å². The fourth-order valence-electron chi connectivity index (χ4n) is 1.72. The number of H-pyrrole nitrogens is 1. The van der Waals surface area contributed by atoms with E-state index in [1.54, 1.807) is 13.0 Å². The van der Waals surface area contributed by atoms with Crippen LogP contribution in [0.5, 0.6) is 0 Å². The van der Waals surface area contributed by atoms with Crippen LogP contribution in [0.25, 0.3) is 17.0 Å². The lowest BCUT2D eigenvalue weighted by molar-refractivity contribution is -0.142. The van der Waals surface area contributed by atoms with Crippen LogP contribution in [-0.2, 0) is 9.53 Å². The van der Waals surface area contributed by atoms with Gasteiger partial charge in [-0.3, -0.25) is 4.79 Å². The molecule has 0 amide bonds. The van der Waals surface area contributed by atoms with Crippen LogP contribution in [0.3, 0.4) is 0 Å². The van der Waals surface area contributed by atoms with Gasteiger partial charge in [0.15, 0.2) is 0 Å². The maximum absolute atomic E-state index is 11.2. The van der Waals surface area contributed by atoms with Gasteiger partial charge in [0.25, 0.3) is 0 Å². The highest BCUT2D eigenvalue weighted by molar-refractivity contribution is 6.32. The molecule has 0 fully saturated rings. The Morgan fingerprint density at radius 3 is 3.11 bits per heavy atom. The van der Waals surface area contributed by atoms with Crippen molar-refractivity contribution in [3.63, 3.8) is 0 Å². The molecular weight excluding hydrogens is 250 g/mol. The first-order valence-electron chi connectivity index (χ1n) is 5.79. The van der Waals surface area contributed by atoms with Gasteiger partial charge in [0.1, 0.15) is 0 Å². The average Bonchev–Trinajstić information content (AvgIpc) is 2.76. The van der Waals surface area contributed by atoms with Crippen LogP contribution in [0.1, 0.15) is 18.9 Å². The highest BCUT2D eigenvalue weighted by Gasteiger charge is 2.02. The monoisotopic (exact) mass is 263 g/mol. The van der Waals surface area contributed by atoms with E-state index in [1.807, 2.05) is 30.5 Å². The summed E-state index contributed by atoms with van der Waals surface area (Å²) in [5.74, 6) is -0.229. The van der Waals surface area contributed by atoms with Crippen LogP contribution in [-0.4, -0.2) is 17.6 Å². The van der Waals surface area contributed by atoms with E-state index < -0.39 is 0 Å². The summed E-state index contributed by atoms with van der Waals surface area (Å²) in [6.45, 7) is 2.20. The lowest BCUT2D eigenvalue weighted by Crippen LogP contribution is -2.01. The van der Waals surface area contributed by atoms with E-state index in [-0.39, 0.29) is 12.4 Å². The van der Waals surface area contributed by atoms with Gasteiger partial charge in [-0.05, 0) is 30.7 Å². The SMILES string of the molecule is CCOC(=O)CC=Cc1cc2cc[nH]c2cc1Cl. The van der Waals surface area contributed by atoms with Gasteiger partial charge in [0.05, 0.1) is 13.0 Å². The van der Waals surface area contributed by atoms with Gasteiger partial charge in [0, 0.05) is 22.1 Å². The minimum absolute atomic E-state index is 0.229. The Kier molecular flexibility index (Phi) is 4.05. The number of carbonyl (C=O) groups is 1. The first-order chi connectivity index (χ1) is 8.70. The van der Waals surface area contributed by atoms with Gasteiger partial charge in [-0.2, -0.15) is 0 Å². The van der Waals surface area contributed by atoms with E-state index in [4.69, 9.17) is 16.3 Å². The highest BCUT2D eigenvalue weighted by atomic mass is 35.5. The number of aromatic amines is 1. The molecule has 0 saturated heterocycles. The molecule has 0 atom stereocenters. The van der Waals surface area contributed by atoms with Crippen molar-refractivity contribution in [2.45, 2.75) is 13.3 Å². The molecule has 0 spiro atoms. The minimum Gasteiger partial charge on any atom is -0.466 e. The summed E-state index contributed by atoms with van der Waals surface area (Å²) in [4.78, 5) is 14.3. The second-order valence-corrected chi connectivity index (χ2v) is 4.26. The molecule has 2 rings (SSSR count). The number of fused-ring (bicyclic) bond motifs is 1. The number of rotatable bonds is 4. The van der Waals surface area contributed by atoms with Crippen molar-refractivity contribution in [3.05, 3.63) is 41.1 Å². The number of halogens is 1. The smallest absolute Gasteiger partial charge is 0.309 e. The zero-order valence-corrected chi connectivity index (χ0v) is 10.8. The molecule has 3 nitrogen and oxygen atoms in total. The third-order valence-corrected chi connectivity index (χ3v) is 2.89.